The topological polar surface area (TPSA) is 126 Å². The van der Waals surface area contributed by atoms with E-state index in [0.29, 0.717) is 35.1 Å². The fourth-order valence-electron chi connectivity index (χ4n) is 6.76. The van der Waals surface area contributed by atoms with Crippen molar-refractivity contribution >= 4 is 23.6 Å². The number of nitrogens with one attached hydrogen (secondary N) is 4. The van der Waals surface area contributed by atoms with Gasteiger partial charge in [0.05, 0.1) is 11.6 Å². The number of carbonyl (C=O) groups is 4. The zero-order valence-corrected chi connectivity index (χ0v) is 25.4. The Kier molecular flexibility index (Phi) is 9.65. The summed E-state index contributed by atoms with van der Waals surface area (Å²) in [5, 5.41) is 11.8. The van der Waals surface area contributed by atoms with Crippen LogP contribution in [0.15, 0.2) is 24.3 Å². The van der Waals surface area contributed by atoms with Crippen LogP contribution in [0.4, 0.5) is 0 Å². The van der Waals surface area contributed by atoms with Crippen molar-refractivity contribution in [2.75, 3.05) is 13.2 Å². The number of rotatable bonds is 5. The van der Waals surface area contributed by atoms with Crippen molar-refractivity contribution in [2.24, 2.45) is 35.0 Å². The number of carbonyl (C=O) groups excluding carboxylic acids is 4. The largest absolute Gasteiger partial charge is 0.491 e. The number of benzene rings is 1. The average molecular weight is 569 g/mol. The van der Waals surface area contributed by atoms with Crippen LogP contribution >= 0.6 is 0 Å². The molecule has 3 saturated carbocycles. The van der Waals surface area contributed by atoms with E-state index in [-0.39, 0.29) is 55.0 Å². The van der Waals surface area contributed by atoms with Crippen LogP contribution in [0, 0.1) is 35.0 Å². The first kappa shape index (κ1) is 30.8. The third-order valence-electron chi connectivity index (χ3n) is 9.77. The van der Waals surface area contributed by atoms with Crippen LogP contribution in [-0.4, -0.2) is 54.9 Å². The highest BCUT2D eigenvalue weighted by atomic mass is 16.5. The van der Waals surface area contributed by atoms with E-state index < -0.39 is 18.0 Å². The number of fused-ring (bicyclic) bond motifs is 3. The van der Waals surface area contributed by atoms with Crippen molar-refractivity contribution in [1.82, 2.24) is 21.3 Å². The minimum atomic E-state index is -0.910. The smallest absolute Gasteiger partial charge is 0.255 e. The first-order valence-electron chi connectivity index (χ1n) is 15.3. The molecular formula is C32H48N4O5. The zero-order valence-electron chi connectivity index (χ0n) is 25.4. The van der Waals surface area contributed by atoms with Crippen LogP contribution in [-0.2, 0) is 14.4 Å². The number of ether oxygens (including phenoxy) is 1. The molecule has 0 spiro atoms. The first-order chi connectivity index (χ1) is 19.4. The van der Waals surface area contributed by atoms with E-state index in [4.69, 9.17) is 4.74 Å². The van der Waals surface area contributed by atoms with E-state index in [1.54, 1.807) is 24.3 Å². The zero-order chi connectivity index (χ0) is 29.9. The molecule has 1 aromatic carbocycles. The normalized spacial score (nSPS) is 30.4. The van der Waals surface area contributed by atoms with Gasteiger partial charge in [-0.2, -0.15) is 0 Å². The van der Waals surface area contributed by atoms with Crippen molar-refractivity contribution < 1.29 is 23.9 Å². The van der Waals surface area contributed by atoms with Crippen molar-refractivity contribution in [1.29, 1.82) is 0 Å². The van der Waals surface area contributed by atoms with Gasteiger partial charge in [-0.15, -0.1) is 0 Å². The highest BCUT2D eigenvalue weighted by Gasteiger charge is 2.54. The molecule has 0 saturated heterocycles. The van der Waals surface area contributed by atoms with Crippen LogP contribution in [0.25, 0.3) is 0 Å². The van der Waals surface area contributed by atoms with E-state index in [1.165, 1.54) is 12.8 Å². The molecule has 0 radical (unpaired) electrons. The first-order valence-corrected chi connectivity index (χ1v) is 15.3. The quantitative estimate of drug-likeness (QED) is 0.433. The standard InChI is InChI=1S/C32H48N4O5/c1-18(2)25-17-41-26-10-8-7-9-22(26)29(38)34-24(13-14-27(37)36-28(19(3)4)31(40)35-25)30(39)33-16-20-11-12-21-15-23(20)32(21,5)6/h7-10,18-21,23-25,28H,11-17H2,1-6H3,(H,33,39)(H,34,38)(H,35,40)(H,36,37)/t20-,21?,23?,24-,25+,28+/m0/s1. The van der Waals surface area contributed by atoms with E-state index in [2.05, 4.69) is 35.1 Å². The molecule has 9 heteroatoms. The van der Waals surface area contributed by atoms with Crippen LogP contribution in [0.5, 0.6) is 5.75 Å². The molecule has 2 bridgehead atoms. The third kappa shape index (κ3) is 7.04. The summed E-state index contributed by atoms with van der Waals surface area (Å²) in [4.78, 5) is 53.2. The Balaban J connectivity index is 1.54. The molecule has 9 nitrogen and oxygen atoms in total. The molecule has 6 atom stereocenters. The van der Waals surface area contributed by atoms with Crippen molar-refractivity contribution in [3.8, 4) is 5.75 Å². The molecule has 4 N–H and O–H groups in total. The maximum atomic E-state index is 13.5. The summed E-state index contributed by atoms with van der Waals surface area (Å²) in [6.07, 6.45) is 3.59. The van der Waals surface area contributed by atoms with Gasteiger partial charge in [0.2, 0.25) is 17.7 Å². The Hall–Kier alpha value is -3.10. The second-order valence-electron chi connectivity index (χ2n) is 13.5. The average Bonchev–Trinajstić information content (AvgIpc) is 2.94. The van der Waals surface area contributed by atoms with Gasteiger partial charge >= 0.3 is 0 Å². The molecule has 1 heterocycles. The molecular weight excluding hydrogens is 520 g/mol. The molecule has 5 rings (SSSR count). The van der Waals surface area contributed by atoms with Gasteiger partial charge in [0, 0.05) is 13.0 Å². The van der Waals surface area contributed by atoms with Crippen LogP contribution in [0.1, 0.15) is 84.0 Å². The van der Waals surface area contributed by atoms with Gasteiger partial charge < -0.3 is 26.0 Å². The second-order valence-corrected chi connectivity index (χ2v) is 13.5. The number of amides is 4. The summed E-state index contributed by atoms with van der Waals surface area (Å²) < 4.78 is 6.07. The SMILES string of the molecule is CC(C)[C@H]1COc2ccccc2C(=O)N[C@H](C(=O)NC[C@@H]2CCC3CC2C3(C)C)CCC(=O)N[C@H](C(C)C)C(=O)N1. The summed E-state index contributed by atoms with van der Waals surface area (Å²) >= 11 is 0. The summed E-state index contributed by atoms with van der Waals surface area (Å²) in [6.45, 7) is 13.1. The molecule has 226 valence electrons. The maximum Gasteiger partial charge on any atom is 0.255 e. The van der Waals surface area contributed by atoms with E-state index in [0.717, 1.165) is 12.3 Å². The van der Waals surface area contributed by atoms with E-state index >= 15 is 0 Å². The Morgan fingerprint density at radius 3 is 2.39 bits per heavy atom. The summed E-state index contributed by atoms with van der Waals surface area (Å²) in [6, 6.07) is 4.90. The van der Waals surface area contributed by atoms with Gasteiger partial charge in [-0.1, -0.05) is 53.7 Å². The lowest BCUT2D eigenvalue weighted by atomic mass is 9.45. The maximum absolute atomic E-state index is 13.5. The molecule has 3 fully saturated rings. The predicted molar refractivity (Wildman–Crippen MR) is 157 cm³/mol. The molecule has 2 unspecified atom stereocenters. The molecule has 1 aliphatic heterocycles. The minimum Gasteiger partial charge on any atom is -0.491 e. The molecule has 1 aromatic rings. The summed E-state index contributed by atoms with van der Waals surface area (Å²) in [5.41, 5.74) is 0.605. The Morgan fingerprint density at radius 1 is 1.00 bits per heavy atom. The van der Waals surface area contributed by atoms with Crippen LogP contribution in [0.3, 0.4) is 0 Å². The lowest BCUT2D eigenvalue weighted by Gasteiger charge is -2.60. The van der Waals surface area contributed by atoms with E-state index in [9.17, 15) is 19.2 Å². The third-order valence-corrected chi connectivity index (χ3v) is 9.77. The fraction of sp³-hybridized carbons (Fsp3) is 0.688. The van der Waals surface area contributed by atoms with Gasteiger partial charge in [-0.3, -0.25) is 19.2 Å². The Labute approximate surface area is 244 Å². The van der Waals surface area contributed by atoms with Gasteiger partial charge in [-0.05, 0) is 72.8 Å². The molecule has 4 amide bonds. The van der Waals surface area contributed by atoms with Gasteiger partial charge in [0.1, 0.15) is 24.4 Å². The molecule has 3 aliphatic carbocycles. The number of hydrogen-bond acceptors (Lipinski definition) is 5. The number of hydrogen-bond donors (Lipinski definition) is 4. The molecule has 0 aromatic heterocycles. The van der Waals surface area contributed by atoms with Gasteiger partial charge in [0.25, 0.3) is 5.91 Å². The summed E-state index contributed by atoms with van der Waals surface area (Å²) in [7, 11) is 0. The van der Waals surface area contributed by atoms with Crippen molar-refractivity contribution in [3.05, 3.63) is 29.8 Å². The van der Waals surface area contributed by atoms with E-state index in [1.807, 2.05) is 27.7 Å². The summed E-state index contributed by atoms with van der Waals surface area (Å²) in [5.74, 6) is 0.688. The molecule has 41 heavy (non-hydrogen) atoms. The predicted octanol–water partition coefficient (Wildman–Crippen LogP) is 3.43. The second kappa shape index (κ2) is 12.8. The van der Waals surface area contributed by atoms with Crippen LogP contribution in [0.2, 0.25) is 0 Å². The van der Waals surface area contributed by atoms with Crippen molar-refractivity contribution in [3.63, 3.8) is 0 Å². The number of para-hydroxylation sites is 1. The van der Waals surface area contributed by atoms with Gasteiger partial charge in [0.15, 0.2) is 0 Å². The lowest BCUT2D eigenvalue weighted by Crippen LogP contribution is -2.56. The Bertz CT molecular complexity index is 1130. The lowest BCUT2D eigenvalue weighted by molar-refractivity contribution is -0.131. The fourth-order valence-corrected chi connectivity index (χ4v) is 6.76. The Morgan fingerprint density at radius 2 is 1.73 bits per heavy atom. The monoisotopic (exact) mass is 568 g/mol. The van der Waals surface area contributed by atoms with Gasteiger partial charge in [-0.25, -0.2) is 0 Å². The minimum absolute atomic E-state index is 0.0125. The van der Waals surface area contributed by atoms with Crippen molar-refractivity contribution in [2.45, 2.75) is 91.8 Å². The highest BCUT2D eigenvalue weighted by molar-refractivity contribution is 5.99. The highest BCUT2D eigenvalue weighted by Crippen LogP contribution is 2.61. The molecule has 4 aliphatic rings. The van der Waals surface area contributed by atoms with Crippen LogP contribution < -0.4 is 26.0 Å².